The van der Waals surface area contributed by atoms with E-state index >= 15 is 0 Å². The molecule has 14 rings (SSSR count). The number of hydrogen-bond acceptors (Lipinski definition) is 20. The lowest BCUT2D eigenvalue weighted by atomic mass is 10.0. The Bertz CT molecular complexity index is 4650. The third-order valence-electron chi connectivity index (χ3n) is 16.4. The van der Waals surface area contributed by atoms with Crippen molar-refractivity contribution in [2.24, 2.45) is 0 Å². The van der Waals surface area contributed by atoms with Crippen LogP contribution in [0.2, 0.25) is 0 Å². The van der Waals surface area contributed by atoms with E-state index in [1.54, 1.807) is 26.0 Å². The van der Waals surface area contributed by atoms with E-state index in [1.165, 1.54) is 0 Å². The van der Waals surface area contributed by atoms with Crippen molar-refractivity contribution in [1.82, 2.24) is 29.9 Å². The molecule has 10 aromatic rings. The van der Waals surface area contributed by atoms with Gasteiger partial charge in [-0.2, -0.15) is 0 Å². The number of para-hydroxylation sites is 4. The highest BCUT2D eigenvalue weighted by molar-refractivity contribution is 7.69. The van der Waals surface area contributed by atoms with Gasteiger partial charge in [0.2, 0.25) is 0 Å². The summed E-state index contributed by atoms with van der Waals surface area (Å²) < 4.78 is 117. The molecule has 0 saturated carbocycles. The van der Waals surface area contributed by atoms with Crippen LogP contribution in [0.5, 0.6) is 59.1 Å². The highest BCUT2D eigenvalue weighted by Crippen LogP contribution is 2.61. The molecule has 20 nitrogen and oxygen atoms in total. The van der Waals surface area contributed by atoms with E-state index in [4.69, 9.17) is 46.5 Å². The average molecular weight is 1360 g/mol. The molecule has 24 heteroatoms. The third-order valence-corrected chi connectivity index (χ3v) is 27.4. The zero-order valence-electron chi connectivity index (χ0n) is 52.6. The fourth-order valence-electron chi connectivity index (χ4n) is 11.5. The first-order valence-corrected chi connectivity index (χ1v) is 38.0. The van der Waals surface area contributed by atoms with Gasteiger partial charge in [0.1, 0.15) is 56.0 Å². The lowest BCUT2D eigenvalue weighted by Gasteiger charge is -2.32. The second kappa shape index (κ2) is 27.9. The van der Waals surface area contributed by atoms with Gasteiger partial charge in [0.05, 0.1) is 44.8 Å². The largest absolute Gasteiger partial charge is 0.463 e. The van der Waals surface area contributed by atoms with Crippen LogP contribution in [0, 0.1) is 0 Å². The fraction of sp³-hybridized carbons (Fsp3) is 0.194. The topological polar surface area (TPSA) is 238 Å². The summed E-state index contributed by atoms with van der Waals surface area (Å²) in [6.07, 6.45) is 3.77. The Morgan fingerprint density at radius 3 is 0.938 bits per heavy atom. The van der Waals surface area contributed by atoms with E-state index in [0.29, 0.717) is 50.6 Å². The Hall–Kier alpha value is -9.82. The molecule has 7 unspecified atom stereocenters. The van der Waals surface area contributed by atoms with Gasteiger partial charge in [-0.15, -0.1) is 29.9 Å². The van der Waals surface area contributed by atoms with Gasteiger partial charge in [-0.3, -0.25) is 18.3 Å². The van der Waals surface area contributed by atoms with Crippen molar-refractivity contribution < 1.29 is 64.8 Å². The molecule has 0 N–H and O–H groups in total. The summed E-state index contributed by atoms with van der Waals surface area (Å²) in [4.78, 5) is 25.7. The lowest BCUT2D eigenvalue weighted by Crippen LogP contribution is -2.29. The van der Waals surface area contributed by atoms with Crippen molar-refractivity contribution in [3.05, 3.63) is 219 Å². The van der Waals surface area contributed by atoms with Gasteiger partial charge in [-0.1, -0.05) is 171 Å². The van der Waals surface area contributed by atoms with Crippen LogP contribution in [0.1, 0.15) is 27.2 Å². The molecule has 0 aliphatic carbocycles. The number of nitrogens with zero attached hydrogens (tertiary/aromatic N) is 6. The quantitative estimate of drug-likeness (QED) is 0.0328. The highest BCUT2D eigenvalue weighted by atomic mass is 31.2. The van der Waals surface area contributed by atoms with Crippen LogP contribution in [0.3, 0.4) is 0 Å². The molecule has 488 valence electrons. The molecular formula is C72H66N6O14P4. The first kappa shape index (κ1) is 64.9. The Morgan fingerprint density at radius 2 is 0.604 bits per heavy atom. The van der Waals surface area contributed by atoms with E-state index < -0.39 is 46.5 Å². The number of hydrogen-bond donors (Lipinski definition) is 0. The number of rotatable bonds is 23. The third kappa shape index (κ3) is 13.1. The maximum atomic E-state index is 14.5. The first-order valence-electron chi connectivity index (χ1n) is 31.1. The molecule has 6 heterocycles. The molecule has 0 saturated heterocycles. The van der Waals surface area contributed by atoms with Crippen LogP contribution in [0.15, 0.2) is 219 Å². The molecule has 7 atom stereocenters. The number of fused-ring (bicyclic) bond motifs is 12. The summed E-state index contributed by atoms with van der Waals surface area (Å²) in [6.45, 7) is 13.1. The van der Waals surface area contributed by atoms with Crippen molar-refractivity contribution in [2.75, 3.05) is 45.8 Å². The minimum absolute atomic E-state index is 0.0144. The maximum absolute atomic E-state index is 14.5. The minimum atomic E-state index is -3.42. The van der Waals surface area contributed by atoms with Crippen molar-refractivity contribution >= 4 is 50.7 Å². The number of ether oxygens (including phenoxy) is 6. The molecular weight excluding hydrogens is 1300 g/mol. The van der Waals surface area contributed by atoms with E-state index in [0.717, 1.165) is 44.5 Å². The van der Waals surface area contributed by atoms with Gasteiger partial charge in [0.15, 0.2) is 0 Å². The fourth-order valence-corrected chi connectivity index (χ4v) is 20.8. The summed E-state index contributed by atoms with van der Waals surface area (Å²) in [5, 5.41) is 2.60. The van der Waals surface area contributed by atoms with Crippen LogP contribution >= 0.6 is 29.5 Å². The molecule has 96 heavy (non-hydrogen) atoms. The van der Waals surface area contributed by atoms with Gasteiger partial charge in [0.25, 0.3) is 29.5 Å². The Labute approximate surface area is 555 Å². The van der Waals surface area contributed by atoms with Crippen molar-refractivity contribution in [2.45, 2.75) is 44.2 Å². The lowest BCUT2D eigenvalue weighted by molar-refractivity contribution is 0.241. The van der Waals surface area contributed by atoms with Gasteiger partial charge in [0, 0.05) is 28.4 Å². The summed E-state index contributed by atoms with van der Waals surface area (Å²) in [7, 11) is -13.5. The Kier molecular flexibility index (Phi) is 18.8. The molecule has 8 aromatic carbocycles. The molecule has 0 bridgehead atoms. The van der Waals surface area contributed by atoms with Crippen LogP contribution < -0.4 is 67.7 Å². The standard InChI is InChI=1S/2C36H33N3O7P2/c1-4-21-42-34-37-35(43-22-24(2)47(40)32-19-11-7-15-28(32)26-13-5-9-17-30(26)45-47)39-36(38-34)44-23-25(3)48(41)33-20-12-8-16-29(33)27-14-6-10-18-31(27)46-48;1-3-21-42-34-37-35(43-22-12-23-47(40)32-19-10-6-15-28(32)26-13-4-8-17-30(26)45-47)39-36(38-34)44-24-25(2)48(41)33-20-11-7-16-29(33)27-14-5-9-18-31(27)46-48/h4-20,24-25H,1,21-23H2,2-3H3;3-11,13-20,25H,1,12,21-24H2,2H3. The van der Waals surface area contributed by atoms with E-state index in [2.05, 4.69) is 43.1 Å². The second-order valence-electron chi connectivity index (χ2n) is 22.9. The van der Waals surface area contributed by atoms with Crippen LogP contribution in [-0.2, 0) is 18.3 Å². The van der Waals surface area contributed by atoms with Gasteiger partial charge in [-0.05, 0) is 98.0 Å². The van der Waals surface area contributed by atoms with Crippen LogP contribution in [0.25, 0.3) is 44.5 Å². The normalized spacial score (nSPS) is 19.5. The second-order valence-corrected chi connectivity index (χ2v) is 33.5. The monoisotopic (exact) mass is 1360 g/mol. The van der Waals surface area contributed by atoms with Crippen molar-refractivity contribution in [1.29, 1.82) is 0 Å². The predicted molar refractivity (Wildman–Crippen MR) is 370 cm³/mol. The van der Waals surface area contributed by atoms with Crippen LogP contribution in [0.4, 0.5) is 0 Å². The average Bonchev–Trinajstić information content (AvgIpc) is 0.763. The van der Waals surface area contributed by atoms with Gasteiger partial charge >= 0.3 is 36.1 Å². The first-order chi connectivity index (χ1) is 46.7. The van der Waals surface area contributed by atoms with Crippen LogP contribution in [-0.4, -0.2) is 92.7 Å². The molecule has 0 spiro atoms. The van der Waals surface area contributed by atoms with Crippen molar-refractivity contribution in [3.8, 4) is 104 Å². The summed E-state index contributed by atoms with van der Waals surface area (Å²) >= 11 is 0. The Morgan fingerprint density at radius 1 is 0.344 bits per heavy atom. The molecule has 2 aromatic heterocycles. The van der Waals surface area contributed by atoms with E-state index in [1.807, 2.05) is 201 Å². The zero-order chi connectivity index (χ0) is 66.4. The minimum Gasteiger partial charge on any atom is -0.463 e. The highest BCUT2D eigenvalue weighted by Gasteiger charge is 2.45. The summed E-state index contributed by atoms with van der Waals surface area (Å²) in [6, 6.07) is 60.2. The SMILES string of the molecule is C=CCOc1nc(OCC(C)P2(=O)Oc3ccccc3-c3ccccc32)nc(OCC(C)P2(=O)Oc3ccccc3-c3ccccc32)n1.C=CCOc1nc(OCCCP2(=O)Oc3ccccc3-c3ccccc32)nc(OCC(C)P2(=O)Oc3ccccc3-c3ccccc32)n1. The molecule has 4 aliphatic heterocycles. The summed E-state index contributed by atoms with van der Waals surface area (Å²) in [5.74, 6) is 2.29. The number of benzene rings is 8. The smallest absolute Gasteiger partial charge is 0.326 e. The van der Waals surface area contributed by atoms with Crippen molar-refractivity contribution in [3.63, 3.8) is 0 Å². The number of aromatic nitrogens is 6. The van der Waals surface area contributed by atoms with Gasteiger partial charge < -0.3 is 46.5 Å². The summed E-state index contributed by atoms with van der Waals surface area (Å²) in [5.41, 5.74) is 5.43. The van der Waals surface area contributed by atoms with Gasteiger partial charge in [-0.25, -0.2) is 0 Å². The molecule has 0 amide bonds. The van der Waals surface area contributed by atoms with E-state index in [-0.39, 0.29) is 81.9 Å². The molecule has 0 fully saturated rings. The molecule has 0 radical (unpaired) electrons. The Balaban J connectivity index is 0.000000174. The maximum Gasteiger partial charge on any atom is 0.326 e. The van der Waals surface area contributed by atoms with E-state index in [9.17, 15) is 18.3 Å². The predicted octanol–water partition coefficient (Wildman–Crippen LogP) is 14.6. The zero-order valence-corrected chi connectivity index (χ0v) is 56.2. The molecule has 4 aliphatic rings.